The molecule has 0 atom stereocenters. The van der Waals surface area contributed by atoms with Gasteiger partial charge in [0.2, 0.25) is 10.0 Å². The molecule has 0 bridgehead atoms. The molecule has 7 nitrogen and oxygen atoms in total. The first-order chi connectivity index (χ1) is 12.1. The van der Waals surface area contributed by atoms with Crippen LogP contribution in [0.25, 0.3) is 10.9 Å². The molecule has 1 amide bonds. The second kappa shape index (κ2) is 6.47. The third kappa shape index (κ3) is 3.49. The van der Waals surface area contributed by atoms with Gasteiger partial charge in [-0.1, -0.05) is 6.07 Å². The first-order valence-electron chi connectivity index (χ1n) is 7.77. The Morgan fingerprint density at radius 1 is 1.27 bits per heavy atom. The van der Waals surface area contributed by atoms with Crippen molar-refractivity contribution in [2.75, 3.05) is 13.1 Å². The number of H-pyrrole nitrogens is 1. The smallest absolute Gasteiger partial charge is 0.417 e. The number of aromatic amines is 1. The zero-order valence-electron chi connectivity index (χ0n) is 13.4. The Kier molecular flexibility index (Phi) is 4.61. The topological polar surface area (TPSA) is 102 Å². The van der Waals surface area contributed by atoms with E-state index in [1.165, 1.54) is 12.1 Å². The summed E-state index contributed by atoms with van der Waals surface area (Å²) in [5.74, 6) is 0. The maximum Gasteiger partial charge on any atom is 0.417 e. The number of hydrogen-bond acceptors (Lipinski definition) is 3. The van der Waals surface area contributed by atoms with E-state index in [1.54, 1.807) is 0 Å². The highest BCUT2D eigenvalue weighted by Crippen LogP contribution is 2.37. The fourth-order valence-electron chi connectivity index (χ4n) is 3.07. The maximum absolute atomic E-state index is 13.3. The van der Waals surface area contributed by atoms with Crippen molar-refractivity contribution in [3.63, 3.8) is 0 Å². The fraction of sp³-hybridized carbons (Fsp3) is 0.400. The Balaban J connectivity index is 1.90. The molecule has 11 heteroatoms. The molecule has 1 aliphatic heterocycles. The molecular weight excluding hydrogens is 375 g/mol. The molecule has 2 aromatic rings. The van der Waals surface area contributed by atoms with E-state index in [4.69, 9.17) is 5.11 Å². The quantitative estimate of drug-likeness (QED) is 0.748. The van der Waals surface area contributed by atoms with Gasteiger partial charge in [-0.25, -0.2) is 17.9 Å². The summed E-state index contributed by atoms with van der Waals surface area (Å²) in [4.78, 5) is 14.1. The van der Waals surface area contributed by atoms with Gasteiger partial charge in [-0.2, -0.15) is 13.2 Å². The van der Waals surface area contributed by atoms with E-state index in [-0.39, 0.29) is 31.4 Å². The largest absolute Gasteiger partial charge is 0.465 e. The number of nitrogens with one attached hydrogen (secondary N) is 2. The lowest BCUT2D eigenvalue weighted by Crippen LogP contribution is -2.46. The molecule has 1 aromatic carbocycles. The predicted octanol–water partition coefficient (Wildman–Crippen LogP) is 2.61. The number of benzene rings is 1. The van der Waals surface area contributed by atoms with Crippen molar-refractivity contribution < 1.29 is 31.5 Å². The number of piperidine rings is 1. The van der Waals surface area contributed by atoms with Crippen molar-refractivity contribution in [2.45, 2.75) is 30.0 Å². The normalized spacial score (nSPS) is 17.0. The number of nitrogens with zero attached hydrogens (tertiary/aromatic N) is 1. The number of halogens is 3. The summed E-state index contributed by atoms with van der Waals surface area (Å²) in [6.45, 7) is 0.314. The minimum atomic E-state index is -4.70. The average Bonchev–Trinajstić information content (AvgIpc) is 2.98. The summed E-state index contributed by atoms with van der Waals surface area (Å²) in [6, 6.07) is 2.86. The summed E-state index contributed by atoms with van der Waals surface area (Å²) in [7, 11) is -4.21. The SMILES string of the molecule is O=C(O)N1CCC(NS(=O)(=O)c2c[nH]c3cccc(C(F)(F)F)c23)CC1. The zero-order valence-corrected chi connectivity index (χ0v) is 14.2. The molecule has 1 fully saturated rings. The molecule has 2 heterocycles. The molecule has 1 saturated heterocycles. The van der Waals surface area contributed by atoms with Crippen LogP contribution < -0.4 is 4.72 Å². The number of carbonyl (C=O) groups is 1. The van der Waals surface area contributed by atoms with E-state index in [1.807, 2.05) is 0 Å². The lowest BCUT2D eigenvalue weighted by molar-refractivity contribution is -0.136. The molecule has 26 heavy (non-hydrogen) atoms. The van der Waals surface area contributed by atoms with E-state index < -0.39 is 44.2 Å². The number of carboxylic acid groups (broad SMARTS) is 1. The van der Waals surface area contributed by atoms with E-state index >= 15 is 0 Å². The van der Waals surface area contributed by atoms with Gasteiger partial charge in [0.15, 0.2) is 0 Å². The maximum atomic E-state index is 13.3. The second-order valence-corrected chi connectivity index (χ2v) is 7.73. The van der Waals surface area contributed by atoms with Crippen LogP contribution in [0.3, 0.4) is 0 Å². The van der Waals surface area contributed by atoms with Gasteiger partial charge in [-0.15, -0.1) is 0 Å². The van der Waals surface area contributed by atoms with E-state index in [0.717, 1.165) is 17.2 Å². The van der Waals surface area contributed by atoms with E-state index in [9.17, 15) is 26.4 Å². The van der Waals surface area contributed by atoms with Crippen LogP contribution in [0.5, 0.6) is 0 Å². The summed E-state index contributed by atoms with van der Waals surface area (Å²) >= 11 is 0. The lowest BCUT2D eigenvalue weighted by Gasteiger charge is -2.30. The Hall–Kier alpha value is -2.27. The van der Waals surface area contributed by atoms with Crippen LogP contribution in [0.4, 0.5) is 18.0 Å². The molecule has 0 unspecified atom stereocenters. The van der Waals surface area contributed by atoms with Crippen molar-refractivity contribution in [1.82, 2.24) is 14.6 Å². The number of alkyl halides is 3. The molecule has 0 aliphatic carbocycles. The van der Waals surface area contributed by atoms with Crippen LogP contribution in [-0.4, -0.2) is 48.6 Å². The summed E-state index contributed by atoms with van der Waals surface area (Å²) in [5.41, 5.74) is -0.960. The van der Waals surface area contributed by atoms with Gasteiger partial charge in [0.05, 0.1) is 5.56 Å². The molecule has 0 saturated carbocycles. The van der Waals surface area contributed by atoms with Crippen molar-refractivity contribution in [3.8, 4) is 0 Å². The van der Waals surface area contributed by atoms with Gasteiger partial charge in [0.1, 0.15) is 4.90 Å². The van der Waals surface area contributed by atoms with Crippen LogP contribution in [-0.2, 0) is 16.2 Å². The molecule has 0 spiro atoms. The minimum Gasteiger partial charge on any atom is -0.465 e. The van der Waals surface area contributed by atoms with E-state index in [0.29, 0.717) is 0 Å². The van der Waals surface area contributed by atoms with Gasteiger partial charge in [0, 0.05) is 36.2 Å². The number of aromatic nitrogens is 1. The van der Waals surface area contributed by atoms with Crippen molar-refractivity contribution in [1.29, 1.82) is 0 Å². The lowest BCUT2D eigenvalue weighted by atomic mass is 10.1. The van der Waals surface area contributed by atoms with Crippen LogP contribution >= 0.6 is 0 Å². The highest BCUT2D eigenvalue weighted by Gasteiger charge is 2.36. The van der Waals surface area contributed by atoms with E-state index in [2.05, 4.69) is 9.71 Å². The zero-order chi connectivity index (χ0) is 19.1. The van der Waals surface area contributed by atoms with Gasteiger partial charge >= 0.3 is 12.3 Å². The van der Waals surface area contributed by atoms with Crippen molar-refractivity contribution in [2.24, 2.45) is 0 Å². The number of rotatable bonds is 3. The van der Waals surface area contributed by atoms with Gasteiger partial charge < -0.3 is 15.0 Å². The molecule has 0 radical (unpaired) electrons. The number of amides is 1. The third-order valence-corrected chi connectivity index (χ3v) is 5.90. The van der Waals surface area contributed by atoms with Crippen LogP contribution in [0.1, 0.15) is 18.4 Å². The number of fused-ring (bicyclic) bond motifs is 1. The number of hydrogen-bond donors (Lipinski definition) is 3. The molecule has 1 aromatic heterocycles. The van der Waals surface area contributed by atoms with Crippen molar-refractivity contribution in [3.05, 3.63) is 30.0 Å². The van der Waals surface area contributed by atoms with Crippen LogP contribution in [0, 0.1) is 0 Å². The average molecular weight is 391 g/mol. The van der Waals surface area contributed by atoms with Gasteiger partial charge in [-0.05, 0) is 25.0 Å². The molecule has 3 N–H and O–H groups in total. The summed E-state index contributed by atoms with van der Waals surface area (Å²) in [5, 5.41) is 8.50. The fourth-order valence-corrected chi connectivity index (χ4v) is 4.58. The second-order valence-electron chi connectivity index (χ2n) is 6.04. The Labute approximate surface area is 146 Å². The molecule has 142 valence electrons. The minimum absolute atomic E-state index is 0.0703. The Morgan fingerprint density at radius 2 is 1.92 bits per heavy atom. The number of sulfonamides is 1. The summed E-state index contributed by atoms with van der Waals surface area (Å²) in [6.07, 6.45) is -4.24. The Bertz CT molecular complexity index is 931. The Morgan fingerprint density at radius 3 is 2.50 bits per heavy atom. The summed E-state index contributed by atoms with van der Waals surface area (Å²) < 4.78 is 67.4. The van der Waals surface area contributed by atoms with Gasteiger partial charge in [0.25, 0.3) is 0 Å². The number of likely N-dealkylation sites (tertiary alicyclic amines) is 1. The van der Waals surface area contributed by atoms with Crippen molar-refractivity contribution >= 4 is 27.0 Å². The highest BCUT2D eigenvalue weighted by molar-refractivity contribution is 7.89. The highest BCUT2D eigenvalue weighted by atomic mass is 32.2. The first kappa shape index (κ1) is 18.5. The monoisotopic (exact) mass is 391 g/mol. The van der Waals surface area contributed by atoms with Crippen LogP contribution in [0.2, 0.25) is 0 Å². The van der Waals surface area contributed by atoms with Crippen LogP contribution in [0.15, 0.2) is 29.3 Å². The van der Waals surface area contributed by atoms with Gasteiger partial charge in [-0.3, -0.25) is 0 Å². The molecule has 1 aliphatic rings. The molecule has 3 rings (SSSR count). The third-order valence-electron chi connectivity index (χ3n) is 4.35. The standard InChI is InChI=1S/C15H16F3N3O4S/c16-15(17,18)10-2-1-3-11-13(10)12(8-19-11)26(24,25)20-9-4-6-21(7-5-9)14(22)23/h1-3,8-9,19-20H,4-7H2,(H,22,23). The molecular formula is C15H16F3N3O4S. The first-order valence-corrected chi connectivity index (χ1v) is 9.25. The predicted molar refractivity (Wildman–Crippen MR) is 86.2 cm³/mol.